The van der Waals surface area contributed by atoms with Gasteiger partial charge in [-0.3, -0.25) is 9.59 Å². The maximum Gasteiger partial charge on any atom is 0.239 e. The predicted octanol–water partition coefficient (Wildman–Crippen LogP) is 4.44. The third kappa shape index (κ3) is 3.90. The molecule has 2 rings (SSSR count). The van der Waals surface area contributed by atoms with Crippen molar-refractivity contribution in [2.45, 2.75) is 34.1 Å². The van der Waals surface area contributed by atoms with E-state index in [2.05, 4.69) is 10.6 Å². The van der Waals surface area contributed by atoms with Gasteiger partial charge in [-0.25, -0.2) is 8.78 Å². The lowest BCUT2D eigenvalue weighted by atomic mass is 9.90. The number of carbonyl (C=O) groups excluding carboxylic acids is 2. The molecule has 0 saturated carbocycles. The van der Waals surface area contributed by atoms with E-state index in [0.29, 0.717) is 12.1 Å². The Kier molecular flexibility index (Phi) is 5.75. The second-order valence-electron chi connectivity index (χ2n) is 6.59. The Morgan fingerprint density at radius 1 is 0.923 bits per heavy atom. The smallest absolute Gasteiger partial charge is 0.239 e. The van der Waals surface area contributed by atoms with Crippen LogP contribution >= 0.6 is 0 Å². The molecule has 0 radical (unpaired) electrons. The molecule has 26 heavy (non-hydrogen) atoms. The van der Waals surface area contributed by atoms with E-state index >= 15 is 0 Å². The van der Waals surface area contributed by atoms with Crippen molar-refractivity contribution in [3.8, 4) is 0 Å². The molecular weight excluding hydrogens is 338 g/mol. The van der Waals surface area contributed by atoms with Gasteiger partial charge in [-0.2, -0.15) is 0 Å². The molecule has 0 aromatic heterocycles. The standard InChI is InChI=1S/C20H22F2N2O2/c1-5-13-9-6-8-12(2)16(13)23-18(25)20(3,4)19(26)24-17-14(21)10-7-11-15(17)22/h6-11H,5H2,1-4H3,(H,23,25)(H,24,26). The van der Waals surface area contributed by atoms with E-state index < -0.39 is 34.6 Å². The van der Waals surface area contributed by atoms with E-state index in [1.165, 1.54) is 19.9 Å². The molecule has 2 N–H and O–H groups in total. The first-order chi connectivity index (χ1) is 12.2. The average Bonchev–Trinajstić information content (AvgIpc) is 2.59. The van der Waals surface area contributed by atoms with Gasteiger partial charge < -0.3 is 10.6 Å². The second kappa shape index (κ2) is 7.64. The minimum Gasteiger partial charge on any atom is -0.325 e. The Morgan fingerprint density at radius 2 is 1.42 bits per heavy atom. The summed E-state index contributed by atoms with van der Waals surface area (Å²) in [6, 6.07) is 8.91. The highest BCUT2D eigenvalue weighted by molar-refractivity contribution is 6.14. The molecule has 0 saturated heterocycles. The van der Waals surface area contributed by atoms with Gasteiger partial charge in [0.25, 0.3) is 0 Å². The van der Waals surface area contributed by atoms with Crippen molar-refractivity contribution in [2.24, 2.45) is 5.41 Å². The van der Waals surface area contributed by atoms with Gasteiger partial charge in [-0.05, 0) is 50.5 Å². The Balaban J connectivity index is 2.24. The highest BCUT2D eigenvalue weighted by Gasteiger charge is 2.37. The third-order valence-electron chi connectivity index (χ3n) is 4.32. The first-order valence-electron chi connectivity index (χ1n) is 8.33. The van der Waals surface area contributed by atoms with Crippen LogP contribution in [-0.2, 0) is 16.0 Å². The normalized spacial score (nSPS) is 11.2. The van der Waals surface area contributed by atoms with Gasteiger partial charge in [-0.15, -0.1) is 0 Å². The number of anilines is 2. The SMILES string of the molecule is CCc1cccc(C)c1NC(=O)C(C)(C)C(=O)Nc1c(F)cccc1F. The molecule has 0 aliphatic rings. The number of hydrogen-bond acceptors (Lipinski definition) is 2. The maximum absolute atomic E-state index is 13.7. The summed E-state index contributed by atoms with van der Waals surface area (Å²) in [5.41, 5.74) is 0.354. The number of amides is 2. The van der Waals surface area contributed by atoms with Crippen LogP contribution < -0.4 is 10.6 Å². The number of carbonyl (C=O) groups is 2. The molecule has 0 spiro atoms. The Hall–Kier alpha value is -2.76. The van der Waals surface area contributed by atoms with E-state index in [4.69, 9.17) is 0 Å². The van der Waals surface area contributed by atoms with Crippen molar-refractivity contribution >= 4 is 23.2 Å². The van der Waals surface area contributed by atoms with Crippen LogP contribution in [0.2, 0.25) is 0 Å². The van der Waals surface area contributed by atoms with Crippen molar-refractivity contribution in [3.05, 3.63) is 59.2 Å². The van der Waals surface area contributed by atoms with Crippen LogP contribution in [-0.4, -0.2) is 11.8 Å². The fourth-order valence-corrected chi connectivity index (χ4v) is 2.46. The minimum absolute atomic E-state index is 0.559. The van der Waals surface area contributed by atoms with Gasteiger partial charge in [0, 0.05) is 5.69 Å². The zero-order chi connectivity index (χ0) is 19.5. The number of halogens is 2. The van der Waals surface area contributed by atoms with Crippen LogP contribution in [0, 0.1) is 24.0 Å². The maximum atomic E-state index is 13.7. The van der Waals surface area contributed by atoms with Crippen molar-refractivity contribution in [1.82, 2.24) is 0 Å². The number of nitrogens with one attached hydrogen (secondary N) is 2. The average molecular weight is 360 g/mol. The highest BCUT2D eigenvalue weighted by Crippen LogP contribution is 2.27. The van der Waals surface area contributed by atoms with Crippen LogP contribution in [0.25, 0.3) is 0 Å². The molecule has 2 amide bonds. The summed E-state index contributed by atoms with van der Waals surface area (Å²) in [5.74, 6) is -3.16. The van der Waals surface area contributed by atoms with Crippen LogP contribution in [0.4, 0.5) is 20.2 Å². The fraction of sp³-hybridized carbons (Fsp3) is 0.300. The monoisotopic (exact) mass is 360 g/mol. The molecule has 6 heteroatoms. The zero-order valence-corrected chi connectivity index (χ0v) is 15.2. The molecule has 0 fully saturated rings. The molecule has 0 unspecified atom stereocenters. The third-order valence-corrected chi connectivity index (χ3v) is 4.32. The molecule has 2 aromatic carbocycles. The summed E-state index contributed by atoms with van der Waals surface area (Å²) in [5, 5.41) is 4.96. The minimum atomic E-state index is -1.54. The van der Waals surface area contributed by atoms with Gasteiger partial charge >= 0.3 is 0 Å². The lowest BCUT2D eigenvalue weighted by Crippen LogP contribution is -2.42. The Bertz CT molecular complexity index is 827. The van der Waals surface area contributed by atoms with Crippen LogP contribution in [0.1, 0.15) is 31.9 Å². The molecule has 138 valence electrons. The van der Waals surface area contributed by atoms with Crippen molar-refractivity contribution in [1.29, 1.82) is 0 Å². The largest absolute Gasteiger partial charge is 0.325 e. The lowest BCUT2D eigenvalue weighted by molar-refractivity contribution is -0.135. The molecule has 0 atom stereocenters. The highest BCUT2D eigenvalue weighted by atomic mass is 19.1. The number of rotatable bonds is 5. The van der Waals surface area contributed by atoms with Crippen LogP contribution in [0.15, 0.2) is 36.4 Å². The number of benzene rings is 2. The summed E-state index contributed by atoms with van der Waals surface area (Å²) in [6.45, 7) is 6.63. The van der Waals surface area contributed by atoms with E-state index in [1.807, 2.05) is 32.0 Å². The first-order valence-corrected chi connectivity index (χ1v) is 8.33. The lowest BCUT2D eigenvalue weighted by Gasteiger charge is -2.24. The number of para-hydroxylation sites is 2. The number of hydrogen-bond donors (Lipinski definition) is 2. The quantitative estimate of drug-likeness (QED) is 0.775. The van der Waals surface area contributed by atoms with E-state index in [1.54, 1.807) is 0 Å². The van der Waals surface area contributed by atoms with Gasteiger partial charge in [0.15, 0.2) is 0 Å². The summed E-state index contributed by atoms with van der Waals surface area (Å²) in [7, 11) is 0. The van der Waals surface area contributed by atoms with Gasteiger partial charge in [0.05, 0.1) is 0 Å². The first kappa shape index (κ1) is 19.6. The molecule has 4 nitrogen and oxygen atoms in total. The molecule has 0 bridgehead atoms. The van der Waals surface area contributed by atoms with Gasteiger partial charge in [0.1, 0.15) is 22.7 Å². The summed E-state index contributed by atoms with van der Waals surface area (Å²) < 4.78 is 27.5. The zero-order valence-electron chi connectivity index (χ0n) is 15.2. The number of aryl methyl sites for hydroxylation is 2. The molecule has 0 aliphatic carbocycles. The van der Waals surface area contributed by atoms with Crippen LogP contribution in [0.3, 0.4) is 0 Å². The predicted molar refractivity (Wildman–Crippen MR) is 98.0 cm³/mol. The van der Waals surface area contributed by atoms with Crippen LogP contribution in [0.5, 0.6) is 0 Å². The fourth-order valence-electron chi connectivity index (χ4n) is 2.46. The molecule has 0 heterocycles. The second-order valence-corrected chi connectivity index (χ2v) is 6.59. The van der Waals surface area contributed by atoms with Gasteiger partial charge in [-0.1, -0.05) is 31.2 Å². The van der Waals surface area contributed by atoms with E-state index in [-0.39, 0.29) is 0 Å². The van der Waals surface area contributed by atoms with Crippen molar-refractivity contribution < 1.29 is 18.4 Å². The molecule has 0 aliphatic heterocycles. The topological polar surface area (TPSA) is 58.2 Å². The summed E-state index contributed by atoms with van der Waals surface area (Å²) >= 11 is 0. The summed E-state index contributed by atoms with van der Waals surface area (Å²) in [4.78, 5) is 25.2. The van der Waals surface area contributed by atoms with Crippen molar-refractivity contribution in [2.75, 3.05) is 10.6 Å². The molecular formula is C20H22F2N2O2. The molecule has 2 aromatic rings. The Morgan fingerprint density at radius 3 is 1.96 bits per heavy atom. The Labute approximate surface area is 151 Å². The van der Waals surface area contributed by atoms with Crippen molar-refractivity contribution in [3.63, 3.8) is 0 Å². The van der Waals surface area contributed by atoms with E-state index in [0.717, 1.165) is 23.3 Å². The summed E-state index contributed by atoms with van der Waals surface area (Å²) in [6.07, 6.45) is 0.713. The van der Waals surface area contributed by atoms with E-state index in [9.17, 15) is 18.4 Å². The van der Waals surface area contributed by atoms with Gasteiger partial charge in [0.2, 0.25) is 11.8 Å².